The molecule has 2 heterocycles. The molecule has 142 valence electrons. The summed E-state index contributed by atoms with van der Waals surface area (Å²) in [6.07, 6.45) is 1.37. The standard InChI is InChI=1S/C22H25IN2O2/c1-15-10-17-7-9-25(22(27)20(17)11-21(15)23)14-19(26)13-24-8-6-16-4-2-3-5-18(16)12-24/h2-5,10-11,19,26H,6-9,12-14H2,1H3. The lowest BCUT2D eigenvalue weighted by Crippen LogP contribution is -2.46. The van der Waals surface area contributed by atoms with Crippen LogP contribution in [0.25, 0.3) is 0 Å². The highest BCUT2D eigenvalue weighted by Gasteiger charge is 2.27. The predicted molar refractivity (Wildman–Crippen MR) is 115 cm³/mol. The molecule has 5 heteroatoms. The molecule has 0 radical (unpaired) electrons. The van der Waals surface area contributed by atoms with Crippen molar-refractivity contribution < 1.29 is 9.90 Å². The smallest absolute Gasteiger partial charge is 0.254 e. The minimum Gasteiger partial charge on any atom is -0.390 e. The summed E-state index contributed by atoms with van der Waals surface area (Å²) in [6.45, 7) is 5.62. The van der Waals surface area contributed by atoms with Gasteiger partial charge in [0.05, 0.1) is 6.10 Å². The second-order valence-electron chi connectivity index (χ2n) is 7.67. The van der Waals surface area contributed by atoms with E-state index in [1.54, 1.807) is 0 Å². The van der Waals surface area contributed by atoms with Crippen LogP contribution >= 0.6 is 22.6 Å². The van der Waals surface area contributed by atoms with Crippen molar-refractivity contribution in [2.75, 3.05) is 26.2 Å². The number of hydrogen-bond acceptors (Lipinski definition) is 3. The van der Waals surface area contributed by atoms with E-state index < -0.39 is 6.10 Å². The molecule has 1 amide bonds. The Labute approximate surface area is 174 Å². The fraction of sp³-hybridized carbons (Fsp3) is 0.409. The lowest BCUT2D eigenvalue weighted by atomic mass is 9.96. The van der Waals surface area contributed by atoms with Gasteiger partial charge in [-0.05, 0) is 70.7 Å². The van der Waals surface area contributed by atoms with Gasteiger partial charge in [-0.3, -0.25) is 9.69 Å². The molecule has 0 aromatic heterocycles. The number of carbonyl (C=O) groups excluding carboxylic acids is 1. The van der Waals surface area contributed by atoms with Crippen LogP contribution in [0.5, 0.6) is 0 Å². The van der Waals surface area contributed by atoms with Crippen molar-refractivity contribution in [2.45, 2.75) is 32.4 Å². The first-order chi connectivity index (χ1) is 13.0. The second kappa shape index (κ2) is 7.89. The molecule has 4 nitrogen and oxygen atoms in total. The summed E-state index contributed by atoms with van der Waals surface area (Å²) in [5.41, 5.74) is 5.92. The Balaban J connectivity index is 1.38. The largest absolute Gasteiger partial charge is 0.390 e. The summed E-state index contributed by atoms with van der Waals surface area (Å²) in [6, 6.07) is 12.7. The first-order valence-corrected chi connectivity index (χ1v) is 10.6. The lowest BCUT2D eigenvalue weighted by Gasteiger charge is -2.34. The fourth-order valence-corrected chi connectivity index (χ4v) is 4.64. The number of carbonyl (C=O) groups is 1. The average molecular weight is 476 g/mol. The molecular formula is C22H25IN2O2. The number of β-amino-alcohol motifs (C(OH)–C–C–N with tert-alkyl or cyclic N) is 1. The van der Waals surface area contributed by atoms with Gasteiger partial charge >= 0.3 is 0 Å². The van der Waals surface area contributed by atoms with Crippen molar-refractivity contribution in [1.82, 2.24) is 9.80 Å². The molecule has 0 aliphatic carbocycles. The Morgan fingerprint density at radius 3 is 2.63 bits per heavy atom. The van der Waals surface area contributed by atoms with Gasteiger partial charge in [0.15, 0.2) is 0 Å². The van der Waals surface area contributed by atoms with E-state index in [9.17, 15) is 9.90 Å². The quantitative estimate of drug-likeness (QED) is 0.691. The van der Waals surface area contributed by atoms with Crippen molar-refractivity contribution in [3.05, 3.63) is 67.8 Å². The van der Waals surface area contributed by atoms with Crippen LogP contribution in [0.3, 0.4) is 0 Å². The van der Waals surface area contributed by atoms with Gasteiger partial charge < -0.3 is 10.0 Å². The molecule has 2 aliphatic rings. The highest BCUT2D eigenvalue weighted by molar-refractivity contribution is 14.1. The van der Waals surface area contributed by atoms with Crippen molar-refractivity contribution in [3.8, 4) is 0 Å². The van der Waals surface area contributed by atoms with Crippen LogP contribution in [0, 0.1) is 10.5 Å². The van der Waals surface area contributed by atoms with E-state index in [0.29, 0.717) is 19.6 Å². The maximum absolute atomic E-state index is 12.9. The van der Waals surface area contributed by atoms with E-state index in [2.05, 4.69) is 64.7 Å². The summed E-state index contributed by atoms with van der Waals surface area (Å²) in [5, 5.41) is 10.6. The van der Waals surface area contributed by atoms with Gasteiger partial charge in [-0.25, -0.2) is 0 Å². The molecule has 1 N–H and O–H groups in total. The number of amides is 1. The predicted octanol–water partition coefficient (Wildman–Crippen LogP) is 3.02. The number of aryl methyl sites for hydroxylation is 1. The van der Waals surface area contributed by atoms with Gasteiger partial charge in [-0.1, -0.05) is 30.3 Å². The van der Waals surface area contributed by atoms with Crippen LogP contribution in [0.4, 0.5) is 0 Å². The Morgan fingerprint density at radius 2 is 1.81 bits per heavy atom. The van der Waals surface area contributed by atoms with E-state index in [0.717, 1.165) is 40.6 Å². The maximum Gasteiger partial charge on any atom is 0.254 e. The third kappa shape index (κ3) is 4.05. The van der Waals surface area contributed by atoms with Crippen molar-refractivity contribution >= 4 is 28.5 Å². The minimum absolute atomic E-state index is 0.0530. The van der Waals surface area contributed by atoms with Crippen LogP contribution in [-0.4, -0.2) is 53.1 Å². The molecule has 0 saturated carbocycles. The van der Waals surface area contributed by atoms with Crippen molar-refractivity contribution in [2.24, 2.45) is 0 Å². The third-order valence-electron chi connectivity index (χ3n) is 5.66. The van der Waals surface area contributed by atoms with Gasteiger partial charge in [-0.15, -0.1) is 0 Å². The summed E-state index contributed by atoms with van der Waals surface area (Å²) in [5.74, 6) is 0.0530. The molecule has 27 heavy (non-hydrogen) atoms. The fourth-order valence-electron chi connectivity index (χ4n) is 4.17. The Bertz CT molecular complexity index is 867. The SMILES string of the molecule is Cc1cc2c(cc1I)C(=O)N(CC(O)CN1CCc3ccccc3C1)CC2. The Morgan fingerprint density at radius 1 is 1.07 bits per heavy atom. The summed E-state index contributed by atoms with van der Waals surface area (Å²) >= 11 is 2.28. The van der Waals surface area contributed by atoms with E-state index in [-0.39, 0.29) is 5.91 Å². The maximum atomic E-state index is 12.9. The Kier molecular flexibility index (Phi) is 5.53. The van der Waals surface area contributed by atoms with Crippen LogP contribution in [-0.2, 0) is 19.4 Å². The van der Waals surface area contributed by atoms with Gasteiger partial charge in [0.2, 0.25) is 0 Å². The number of benzene rings is 2. The van der Waals surface area contributed by atoms with Crippen LogP contribution in [0.2, 0.25) is 0 Å². The van der Waals surface area contributed by atoms with Crippen molar-refractivity contribution in [1.29, 1.82) is 0 Å². The molecule has 4 rings (SSSR count). The molecular weight excluding hydrogens is 451 g/mol. The normalized spacial score (nSPS) is 18.2. The average Bonchev–Trinajstić information content (AvgIpc) is 2.66. The number of aliphatic hydroxyl groups is 1. The molecule has 2 aromatic carbocycles. The minimum atomic E-state index is -0.523. The lowest BCUT2D eigenvalue weighted by molar-refractivity contribution is 0.0492. The van der Waals surface area contributed by atoms with E-state index in [1.165, 1.54) is 16.7 Å². The molecule has 1 atom stereocenters. The van der Waals surface area contributed by atoms with Gasteiger partial charge in [-0.2, -0.15) is 0 Å². The molecule has 2 aliphatic heterocycles. The molecule has 0 spiro atoms. The molecule has 0 fully saturated rings. The molecule has 1 unspecified atom stereocenters. The van der Waals surface area contributed by atoms with Crippen LogP contribution in [0.1, 0.15) is 32.6 Å². The zero-order valence-corrected chi connectivity index (χ0v) is 17.8. The van der Waals surface area contributed by atoms with Crippen molar-refractivity contribution in [3.63, 3.8) is 0 Å². The molecule has 0 bridgehead atoms. The summed E-state index contributed by atoms with van der Waals surface area (Å²) in [7, 11) is 0. The van der Waals surface area contributed by atoms with Gasteiger partial charge in [0.1, 0.15) is 0 Å². The number of fused-ring (bicyclic) bond motifs is 2. The van der Waals surface area contributed by atoms with Gasteiger partial charge in [0.25, 0.3) is 5.91 Å². The highest BCUT2D eigenvalue weighted by atomic mass is 127. The summed E-state index contributed by atoms with van der Waals surface area (Å²) in [4.78, 5) is 17.0. The molecule has 2 aromatic rings. The zero-order valence-electron chi connectivity index (χ0n) is 15.6. The third-order valence-corrected chi connectivity index (χ3v) is 6.83. The number of nitrogens with zero attached hydrogens (tertiary/aromatic N) is 2. The number of hydrogen-bond donors (Lipinski definition) is 1. The van der Waals surface area contributed by atoms with Crippen LogP contribution in [0.15, 0.2) is 36.4 Å². The van der Waals surface area contributed by atoms with E-state index in [1.807, 2.05) is 11.0 Å². The first kappa shape index (κ1) is 18.9. The number of halogens is 1. The zero-order chi connectivity index (χ0) is 19.0. The number of rotatable bonds is 4. The monoisotopic (exact) mass is 476 g/mol. The second-order valence-corrected chi connectivity index (χ2v) is 8.83. The Hall–Kier alpha value is -1.44. The van der Waals surface area contributed by atoms with E-state index in [4.69, 9.17) is 0 Å². The molecule has 0 saturated heterocycles. The highest BCUT2D eigenvalue weighted by Crippen LogP contribution is 2.24. The first-order valence-electron chi connectivity index (χ1n) is 9.57. The summed E-state index contributed by atoms with van der Waals surface area (Å²) < 4.78 is 1.12. The topological polar surface area (TPSA) is 43.8 Å². The van der Waals surface area contributed by atoms with E-state index >= 15 is 0 Å². The van der Waals surface area contributed by atoms with Crippen LogP contribution < -0.4 is 0 Å². The number of aliphatic hydroxyl groups excluding tert-OH is 1. The van der Waals surface area contributed by atoms with Gasteiger partial charge in [0, 0.05) is 41.9 Å².